The first-order valence-corrected chi connectivity index (χ1v) is 6.34. The lowest BCUT2D eigenvalue weighted by atomic mass is 10.1. The Balaban J connectivity index is 2.37. The van der Waals surface area contributed by atoms with Crippen LogP contribution >= 0.6 is 23.2 Å². The minimum atomic E-state index is -0.215. The molecule has 0 atom stereocenters. The van der Waals surface area contributed by atoms with Gasteiger partial charge in [-0.1, -0.05) is 41.4 Å². The first-order valence-electron chi connectivity index (χ1n) is 5.59. The lowest BCUT2D eigenvalue weighted by Gasteiger charge is -2.06. The Morgan fingerprint density at radius 1 is 0.947 bits per heavy atom. The summed E-state index contributed by atoms with van der Waals surface area (Å²) in [5, 5.41) is 9.00. The van der Waals surface area contributed by atoms with Crippen LogP contribution in [0.25, 0.3) is 22.0 Å². The molecule has 1 aromatic heterocycles. The zero-order valence-electron chi connectivity index (χ0n) is 9.65. The quantitative estimate of drug-likeness (QED) is 0.739. The number of H-pyrrole nitrogens is 1. The Bertz CT molecular complexity index is 807. The van der Waals surface area contributed by atoms with Crippen LogP contribution in [0.1, 0.15) is 0 Å². The molecule has 94 valence electrons. The fraction of sp³-hybridized carbons (Fsp3) is 0. The fourth-order valence-electron chi connectivity index (χ4n) is 2.03. The minimum absolute atomic E-state index is 0.215. The number of fused-ring (bicyclic) bond motifs is 1. The molecule has 0 amide bonds. The van der Waals surface area contributed by atoms with Gasteiger partial charge in [0.25, 0.3) is 5.56 Å². The number of benzene rings is 2. The van der Waals surface area contributed by atoms with E-state index < -0.39 is 0 Å². The highest BCUT2D eigenvalue weighted by Gasteiger charge is 2.09. The number of hydrogen-bond donors (Lipinski definition) is 1. The Labute approximate surface area is 118 Å². The predicted octanol–water partition coefficient (Wildman–Crippen LogP) is 3.90. The van der Waals surface area contributed by atoms with Gasteiger partial charge in [0.2, 0.25) is 0 Å². The van der Waals surface area contributed by atoms with Gasteiger partial charge >= 0.3 is 0 Å². The van der Waals surface area contributed by atoms with Crippen molar-refractivity contribution in [3.05, 3.63) is 62.9 Å². The van der Waals surface area contributed by atoms with Crippen LogP contribution < -0.4 is 5.56 Å². The summed E-state index contributed by atoms with van der Waals surface area (Å²) in [6.07, 6.45) is 0. The van der Waals surface area contributed by atoms with Gasteiger partial charge in [0.05, 0.1) is 11.1 Å². The third-order valence-electron chi connectivity index (χ3n) is 2.83. The SMILES string of the molecule is O=c1[nH]nc(-c2cc(Cl)cc(Cl)c2)c2ccccc12. The second kappa shape index (κ2) is 4.68. The predicted molar refractivity (Wildman–Crippen MR) is 77.8 cm³/mol. The van der Waals surface area contributed by atoms with E-state index in [1.54, 1.807) is 24.3 Å². The normalized spacial score (nSPS) is 10.8. The maximum absolute atomic E-state index is 11.7. The molecule has 0 saturated heterocycles. The Hall–Kier alpha value is -1.84. The molecule has 1 N–H and O–H groups in total. The van der Waals surface area contributed by atoms with Crippen LogP contribution in [0.5, 0.6) is 0 Å². The van der Waals surface area contributed by atoms with E-state index >= 15 is 0 Å². The lowest BCUT2D eigenvalue weighted by molar-refractivity contribution is 1.02. The van der Waals surface area contributed by atoms with Crippen LogP contribution in [0, 0.1) is 0 Å². The highest BCUT2D eigenvalue weighted by Crippen LogP contribution is 2.29. The molecule has 0 fully saturated rings. The number of rotatable bonds is 1. The first-order chi connectivity index (χ1) is 9.15. The summed E-state index contributed by atoms with van der Waals surface area (Å²) in [5.74, 6) is 0. The highest BCUT2D eigenvalue weighted by atomic mass is 35.5. The molecule has 3 aromatic rings. The van der Waals surface area contributed by atoms with Crippen molar-refractivity contribution in [3.63, 3.8) is 0 Å². The average molecular weight is 291 g/mol. The molecule has 0 unspecified atom stereocenters. The topological polar surface area (TPSA) is 45.8 Å². The maximum Gasteiger partial charge on any atom is 0.272 e. The van der Waals surface area contributed by atoms with Crippen molar-refractivity contribution in [2.45, 2.75) is 0 Å². The number of nitrogens with zero attached hydrogens (tertiary/aromatic N) is 1. The van der Waals surface area contributed by atoms with E-state index in [-0.39, 0.29) is 5.56 Å². The molecule has 0 radical (unpaired) electrons. The molecule has 3 nitrogen and oxygen atoms in total. The molecule has 0 bridgehead atoms. The molecule has 2 aromatic carbocycles. The average Bonchev–Trinajstić information content (AvgIpc) is 2.38. The molecule has 0 aliphatic carbocycles. The van der Waals surface area contributed by atoms with Gasteiger partial charge in [-0.05, 0) is 24.3 Å². The smallest absolute Gasteiger partial charge is 0.267 e. The lowest BCUT2D eigenvalue weighted by Crippen LogP contribution is -2.09. The van der Waals surface area contributed by atoms with Gasteiger partial charge in [0.15, 0.2) is 0 Å². The number of hydrogen-bond acceptors (Lipinski definition) is 2. The van der Waals surface area contributed by atoms with Crippen LogP contribution in [0.15, 0.2) is 47.3 Å². The molecule has 0 spiro atoms. The summed E-state index contributed by atoms with van der Waals surface area (Å²) in [6.45, 7) is 0. The van der Waals surface area contributed by atoms with Crippen molar-refractivity contribution in [2.24, 2.45) is 0 Å². The first kappa shape index (κ1) is 12.2. The minimum Gasteiger partial charge on any atom is -0.267 e. The fourth-order valence-corrected chi connectivity index (χ4v) is 2.55. The molecule has 0 aliphatic rings. The Morgan fingerprint density at radius 3 is 2.26 bits per heavy atom. The van der Waals surface area contributed by atoms with E-state index in [9.17, 15) is 4.79 Å². The second-order valence-electron chi connectivity index (χ2n) is 4.11. The van der Waals surface area contributed by atoms with Gasteiger partial charge in [0, 0.05) is 21.0 Å². The number of halogens is 2. The summed E-state index contributed by atoms with van der Waals surface area (Å²) in [4.78, 5) is 11.7. The number of nitrogens with one attached hydrogen (secondary N) is 1. The van der Waals surface area contributed by atoms with Gasteiger partial charge in [0.1, 0.15) is 0 Å². The van der Waals surface area contributed by atoms with Gasteiger partial charge in [-0.3, -0.25) is 4.79 Å². The van der Waals surface area contributed by atoms with E-state index in [2.05, 4.69) is 10.2 Å². The molecule has 1 heterocycles. The molecule has 5 heteroatoms. The van der Waals surface area contributed by atoms with E-state index in [0.29, 0.717) is 21.1 Å². The van der Waals surface area contributed by atoms with Crippen LogP contribution in [0.3, 0.4) is 0 Å². The van der Waals surface area contributed by atoms with Crippen molar-refractivity contribution in [3.8, 4) is 11.3 Å². The third-order valence-corrected chi connectivity index (χ3v) is 3.27. The monoisotopic (exact) mass is 290 g/mol. The molecular weight excluding hydrogens is 283 g/mol. The van der Waals surface area contributed by atoms with E-state index in [0.717, 1.165) is 10.9 Å². The van der Waals surface area contributed by atoms with Crippen molar-refractivity contribution >= 4 is 34.0 Å². The summed E-state index contributed by atoms with van der Waals surface area (Å²) in [7, 11) is 0. The van der Waals surface area contributed by atoms with Crippen molar-refractivity contribution < 1.29 is 0 Å². The highest BCUT2D eigenvalue weighted by molar-refractivity contribution is 6.35. The summed E-state index contributed by atoms with van der Waals surface area (Å²) >= 11 is 12.0. The van der Waals surface area contributed by atoms with E-state index in [1.807, 2.05) is 18.2 Å². The van der Waals surface area contributed by atoms with Gasteiger partial charge in [-0.25, -0.2) is 5.10 Å². The van der Waals surface area contributed by atoms with Crippen LogP contribution in [0.2, 0.25) is 10.0 Å². The standard InChI is InChI=1S/C14H8Cl2N2O/c15-9-5-8(6-10(16)7-9)13-11-3-1-2-4-12(11)14(19)18-17-13/h1-7H,(H,18,19). The van der Waals surface area contributed by atoms with Crippen LogP contribution in [-0.2, 0) is 0 Å². The Kier molecular flexibility index (Phi) is 3.01. The third kappa shape index (κ3) is 2.23. The number of aromatic nitrogens is 2. The molecule has 19 heavy (non-hydrogen) atoms. The van der Waals surface area contributed by atoms with E-state index in [4.69, 9.17) is 23.2 Å². The Morgan fingerprint density at radius 2 is 1.58 bits per heavy atom. The zero-order chi connectivity index (χ0) is 13.4. The molecule has 0 aliphatic heterocycles. The molecule has 0 saturated carbocycles. The second-order valence-corrected chi connectivity index (χ2v) is 4.98. The summed E-state index contributed by atoms with van der Waals surface area (Å²) in [5.41, 5.74) is 1.21. The molecule has 3 rings (SSSR count). The number of aromatic amines is 1. The van der Waals surface area contributed by atoms with Crippen LogP contribution in [0.4, 0.5) is 0 Å². The van der Waals surface area contributed by atoms with Crippen LogP contribution in [-0.4, -0.2) is 10.2 Å². The van der Waals surface area contributed by atoms with E-state index in [1.165, 1.54) is 0 Å². The summed E-state index contributed by atoms with van der Waals surface area (Å²) in [6, 6.07) is 12.5. The van der Waals surface area contributed by atoms with Crippen molar-refractivity contribution in [2.75, 3.05) is 0 Å². The van der Waals surface area contributed by atoms with Gasteiger partial charge in [-0.2, -0.15) is 5.10 Å². The van der Waals surface area contributed by atoms with Crippen molar-refractivity contribution in [1.29, 1.82) is 0 Å². The summed E-state index contributed by atoms with van der Waals surface area (Å²) < 4.78 is 0. The molecular formula is C14H8Cl2N2O. The largest absolute Gasteiger partial charge is 0.272 e. The van der Waals surface area contributed by atoms with Gasteiger partial charge in [-0.15, -0.1) is 0 Å². The maximum atomic E-state index is 11.7. The zero-order valence-corrected chi connectivity index (χ0v) is 11.2. The van der Waals surface area contributed by atoms with Crippen molar-refractivity contribution in [1.82, 2.24) is 10.2 Å². The van der Waals surface area contributed by atoms with Gasteiger partial charge < -0.3 is 0 Å².